The third kappa shape index (κ3) is 3.56. The number of fused-ring (bicyclic) bond motifs is 2. The molecular weight excluding hydrogens is 407 g/mol. The van der Waals surface area contributed by atoms with E-state index in [0.29, 0.717) is 0 Å². The summed E-state index contributed by atoms with van der Waals surface area (Å²) in [6.45, 7) is 4.96. The van der Waals surface area contributed by atoms with Gasteiger partial charge in [0.2, 0.25) is 5.91 Å². The Morgan fingerprint density at radius 2 is 2.03 bits per heavy atom. The Kier molecular flexibility index (Phi) is 5.05. The minimum Gasteiger partial charge on any atom is -0.387 e. The van der Waals surface area contributed by atoms with Gasteiger partial charge < -0.3 is 19.9 Å². The normalized spacial score (nSPS) is 14.4. The van der Waals surface area contributed by atoms with E-state index in [2.05, 4.69) is 15.4 Å². The monoisotopic (exact) mass is 428 g/mol. The molecule has 3 aromatic rings. The van der Waals surface area contributed by atoms with Crippen LogP contribution in [0.5, 0.6) is 0 Å². The van der Waals surface area contributed by atoms with Crippen molar-refractivity contribution in [1.82, 2.24) is 24.1 Å². The SMILES string of the molecule is CC(C)N1Cc2c(n(CC(=O)Nc3ccc(F)cn3)c3cc([C@@H](C)O)nn3c2=O)C1=O. The van der Waals surface area contributed by atoms with Crippen LogP contribution in [-0.2, 0) is 17.9 Å². The predicted octanol–water partition coefficient (Wildman–Crippen LogP) is 1.09. The van der Waals surface area contributed by atoms with Crippen LogP contribution in [0.4, 0.5) is 10.2 Å². The van der Waals surface area contributed by atoms with Crippen LogP contribution in [0, 0.1) is 5.82 Å². The van der Waals surface area contributed by atoms with Crippen molar-refractivity contribution >= 4 is 23.3 Å². The Bertz CT molecular complexity index is 1250. The maximum absolute atomic E-state index is 13.1. The topological polar surface area (TPSA) is 122 Å². The zero-order valence-corrected chi connectivity index (χ0v) is 17.2. The summed E-state index contributed by atoms with van der Waals surface area (Å²) in [4.78, 5) is 44.1. The van der Waals surface area contributed by atoms with Gasteiger partial charge in [-0.1, -0.05) is 0 Å². The quantitative estimate of drug-likeness (QED) is 0.627. The molecule has 0 aliphatic carbocycles. The van der Waals surface area contributed by atoms with E-state index in [1.165, 1.54) is 28.5 Å². The summed E-state index contributed by atoms with van der Waals surface area (Å²) in [5, 5.41) is 16.6. The Labute approximate surface area is 175 Å². The van der Waals surface area contributed by atoms with Gasteiger partial charge in [-0.25, -0.2) is 9.37 Å². The van der Waals surface area contributed by atoms with Gasteiger partial charge in [0, 0.05) is 12.1 Å². The molecule has 1 aliphatic heterocycles. The smallest absolute Gasteiger partial charge is 0.280 e. The molecule has 0 fully saturated rings. The summed E-state index contributed by atoms with van der Waals surface area (Å²) in [5.41, 5.74) is 0.332. The molecule has 4 rings (SSSR count). The summed E-state index contributed by atoms with van der Waals surface area (Å²) < 4.78 is 15.6. The molecule has 0 radical (unpaired) electrons. The number of rotatable bonds is 5. The average Bonchev–Trinajstić information content (AvgIpc) is 3.30. The Balaban J connectivity index is 1.82. The van der Waals surface area contributed by atoms with Crippen LogP contribution in [0.25, 0.3) is 5.65 Å². The first-order valence-electron chi connectivity index (χ1n) is 9.73. The molecule has 0 spiro atoms. The van der Waals surface area contributed by atoms with Gasteiger partial charge in [0.05, 0.1) is 30.1 Å². The van der Waals surface area contributed by atoms with Gasteiger partial charge in [0.25, 0.3) is 11.5 Å². The lowest BCUT2D eigenvalue weighted by atomic mass is 10.2. The van der Waals surface area contributed by atoms with E-state index in [-0.39, 0.29) is 53.5 Å². The van der Waals surface area contributed by atoms with Crippen molar-refractivity contribution < 1.29 is 19.1 Å². The Morgan fingerprint density at radius 1 is 1.29 bits per heavy atom. The van der Waals surface area contributed by atoms with E-state index in [1.54, 1.807) is 0 Å². The predicted molar refractivity (Wildman–Crippen MR) is 108 cm³/mol. The first-order chi connectivity index (χ1) is 14.7. The van der Waals surface area contributed by atoms with Crippen molar-refractivity contribution in [3.8, 4) is 0 Å². The lowest BCUT2D eigenvalue weighted by Gasteiger charge is -2.20. The molecule has 0 aromatic carbocycles. The Morgan fingerprint density at radius 3 is 2.65 bits per heavy atom. The minimum absolute atomic E-state index is 0.103. The average molecular weight is 428 g/mol. The number of aromatic nitrogens is 4. The van der Waals surface area contributed by atoms with Gasteiger partial charge in [-0.15, -0.1) is 0 Å². The largest absolute Gasteiger partial charge is 0.387 e. The highest BCUT2D eigenvalue weighted by Gasteiger charge is 2.36. The molecular formula is C20H21FN6O4. The lowest BCUT2D eigenvalue weighted by molar-refractivity contribution is -0.116. The first-order valence-corrected chi connectivity index (χ1v) is 9.73. The van der Waals surface area contributed by atoms with Crippen molar-refractivity contribution in [1.29, 1.82) is 0 Å². The first kappa shape index (κ1) is 20.7. The fourth-order valence-corrected chi connectivity index (χ4v) is 3.56. The molecule has 0 saturated heterocycles. The van der Waals surface area contributed by atoms with Gasteiger partial charge in [-0.2, -0.15) is 9.61 Å². The number of nitrogens with one attached hydrogen (secondary N) is 1. The van der Waals surface area contributed by atoms with E-state index < -0.39 is 23.4 Å². The second-order valence-corrected chi connectivity index (χ2v) is 7.67. The number of aliphatic hydroxyl groups is 1. The maximum Gasteiger partial charge on any atom is 0.280 e. The molecule has 2 amide bonds. The summed E-state index contributed by atoms with van der Waals surface area (Å²) in [6, 6.07) is 3.80. The fraction of sp³-hybridized carbons (Fsp3) is 0.350. The highest BCUT2D eigenvalue weighted by Crippen LogP contribution is 2.25. The molecule has 4 heterocycles. The van der Waals surface area contributed by atoms with Crippen LogP contribution in [-0.4, -0.2) is 47.0 Å². The number of halogens is 1. The summed E-state index contributed by atoms with van der Waals surface area (Å²) in [5.74, 6) is -1.28. The molecule has 0 saturated carbocycles. The molecule has 10 nitrogen and oxygen atoms in total. The molecule has 1 aliphatic rings. The van der Waals surface area contributed by atoms with Gasteiger partial charge in [0.1, 0.15) is 29.5 Å². The molecule has 3 aromatic heterocycles. The van der Waals surface area contributed by atoms with E-state index in [9.17, 15) is 23.9 Å². The summed E-state index contributed by atoms with van der Waals surface area (Å²) in [6.07, 6.45) is 0.0311. The lowest BCUT2D eigenvalue weighted by Crippen LogP contribution is -2.32. The number of amides is 2. The van der Waals surface area contributed by atoms with Crippen molar-refractivity contribution in [2.75, 3.05) is 5.32 Å². The number of hydrogen-bond donors (Lipinski definition) is 2. The van der Waals surface area contributed by atoms with Gasteiger partial charge in [-0.05, 0) is 32.9 Å². The number of hydrogen-bond acceptors (Lipinski definition) is 6. The second kappa shape index (κ2) is 7.58. The van der Waals surface area contributed by atoms with Crippen LogP contribution in [0.1, 0.15) is 48.6 Å². The van der Waals surface area contributed by atoms with Crippen LogP contribution < -0.4 is 10.9 Å². The Hall–Kier alpha value is -3.60. The second-order valence-electron chi connectivity index (χ2n) is 7.67. The molecule has 11 heteroatoms. The zero-order chi connectivity index (χ0) is 22.4. The van der Waals surface area contributed by atoms with Crippen molar-refractivity contribution in [2.45, 2.75) is 46.0 Å². The van der Waals surface area contributed by atoms with Crippen LogP contribution in [0.3, 0.4) is 0 Å². The van der Waals surface area contributed by atoms with E-state index in [4.69, 9.17) is 0 Å². The molecule has 0 unspecified atom stereocenters. The third-order valence-electron chi connectivity index (χ3n) is 5.13. The number of aliphatic hydroxyl groups excluding tert-OH is 1. The number of nitrogens with zero attached hydrogens (tertiary/aromatic N) is 5. The standard InChI is InChI=1S/C20H21FN6O4/c1-10(2)25-8-13-18(20(25)31)26(9-16(29)23-15-5-4-12(21)7-22-15)17-6-14(11(3)28)24-27(17)19(13)30/h4-7,10-11,28H,8-9H2,1-3H3,(H,22,23,29)/t11-/m1/s1. The highest BCUT2D eigenvalue weighted by molar-refractivity contribution is 5.98. The van der Waals surface area contributed by atoms with E-state index in [1.807, 2.05) is 13.8 Å². The molecule has 1 atom stereocenters. The van der Waals surface area contributed by atoms with Crippen LogP contribution in [0.2, 0.25) is 0 Å². The van der Waals surface area contributed by atoms with Crippen LogP contribution >= 0.6 is 0 Å². The number of carbonyl (C=O) groups is 2. The highest BCUT2D eigenvalue weighted by atomic mass is 19.1. The van der Waals surface area contributed by atoms with Crippen molar-refractivity contribution in [2.24, 2.45) is 0 Å². The van der Waals surface area contributed by atoms with E-state index >= 15 is 0 Å². The van der Waals surface area contributed by atoms with E-state index in [0.717, 1.165) is 16.8 Å². The molecule has 0 bridgehead atoms. The molecule has 31 heavy (non-hydrogen) atoms. The van der Waals surface area contributed by atoms with Crippen molar-refractivity contribution in [3.63, 3.8) is 0 Å². The maximum atomic E-state index is 13.1. The minimum atomic E-state index is -0.942. The number of anilines is 1. The van der Waals surface area contributed by atoms with Gasteiger partial charge in [0.15, 0.2) is 0 Å². The van der Waals surface area contributed by atoms with Gasteiger partial charge >= 0.3 is 0 Å². The van der Waals surface area contributed by atoms with Crippen LogP contribution in [0.15, 0.2) is 29.2 Å². The van der Waals surface area contributed by atoms with Gasteiger partial charge in [-0.3, -0.25) is 14.4 Å². The number of pyridine rings is 1. The summed E-state index contributed by atoms with van der Waals surface area (Å²) >= 11 is 0. The molecule has 2 N–H and O–H groups in total. The fourth-order valence-electron chi connectivity index (χ4n) is 3.56. The van der Waals surface area contributed by atoms with Crippen molar-refractivity contribution in [3.05, 3.63) is 57.5 Å². The zero-order valence-electron chi connectivity index (χ0n) is 17.2. The molecule has 162 valence electrons. The number of carbonyl (C=O) groups excluding carboxylic acids is 2. The summed E-state index contributed by atoms with van der Waals surface area (Å²) in [7, 11) is 0. The third-order valence-corrected chi connectivity index (χ3v) is 5.13.